The SMILES string of the molecule is CCCCOc1ccccc1C(=O)N1CCO[C@H](CO)[C@H]1c1ccccc1. The number of ether oxygens (including phenoxy) is 2. The maximum absolute atomic E-state index is 13.4. The number of hydrogen-bond donors (Lipinski definition) is 1. The summed E-state index contributed by atoms with van der Waals surface area (Å²) in [5, 5.41) is 9.80. The zero-order valence-corrected chi connectivity index (χ0v) is 15.7. The van der Waals surface area contributed by atoms with Gasteiger partial charge in [0.25, 0.3) is 5.91 Å². The number of hydrogen-bond acceptors (Lipinski definition) is 4. The Bertz CT molecular complexity index is 734. The summed E-state index contributed by atoms with van der Waals surface area (Å²) in [4.78, 5) is 15.2. The monoisotopic (exact) mass is 369 g/mol. The number of carbonyl (C=O) groups excluding carboxylic acids is 1. The van der Waals surface area contributed by atoms with E-state index in [1.165, 1.54) is 0 Å². The first kappa shape index (κ1) is 19.4. The van der Waals surface area contributed by atoms with Crippen molar-refractivity contribution in [2.45, 2.75) is 31.9 Å². The summed E-state index contributed by atoms with van der Waals surface area (Å²) in [5.41, 5.74) is 1.50. The Labute approximate surface area is 160 Å². The number of aliphatic hydroxyl groups excluding tert-OH is 1. The van der Waals surface area contributed by atoms with Gasteiger partial charge in [0.05, 0.1) is 31.4 Å². The fraction of sp³-hybridized carbons (Fsp3) is 0.409. The summed E-state index contributed by atoms with van der Waals surface area (Å²) in [6.07, 6.45) is 1.53. The maximum atomic E-state index is 13.4. The van der Waals surface area contributed by atoms with Crippen LogP contribution in [0.1, 0.15) is 41.7 Å². The average Bonchev–Trinajstić information content (AvgIpc) is 2.74. The quantitative estimate of drug-likeness (QED) is 0.760. The van der Waals surface area contributed by atoms with Gasteiger partial charge in [0.1, 0.15) is 11.9 Å². The van der Waals surface area contributed by atoms with Gasteiger partial charge in [0.2, 0.25) is 0 Å². The molecular formula is C22H27NO4. The minimum Gasteiger partial charge on any atom is -0.493 e. The van der Waals surface area contributed by atoms with Gasteiger partial charge < -0.3 is 19.5 Å². The van der Waals surface area contributed by atoms with Crippen LogP contribution in [0.5, 0.6) is 5.75 Å². The minimum atomic E-state index is -0.446. The molecule has 1 heterocycles. The fourth-order valence-corrected chi connectivity index (χ4v) is 3.41. The number of para-hydroxylation sites is 1. The molecule has 27 heavy (non-hydrogen) atoms. The molecule has 1 amide bonds. The van der Waals surface area contributed by atoms with E-state index in [2.05, 4.69) is 6.92 Å². The maximum Gasteiger partial charge on any atom is 0.258 e. The molecule has 0 bridgehead atoms. The van der Waals surface area contributed by atoms with Crippen LogP contribution in [0.2, 0.25) is 0 Å². The molecule has 0 spiro atoms. The van der Waals surface area contributed by atoms with Gasteiger partial charge in [-0.05, 0) is 24.1 Å². The van der Waals surface area contributed by atoms with Gasteiger partial charge in [-0.1, -0.05) is 55.8 Å². The molecular weight excluding hydrogens is 342 g/mol. The molecule has 1 N–H and O–H groups in total. The van der Waals surface area contributed by atoms with E-state index in [0.717, 1.165) is 18.4 Å². The van der Waals surface area contributed by atoms with Crippen molar-refractivity contribution in [2.75, 3.05) is 26.4 Å². The predicted molar refractivity (Wildman–Crippen MR) is 104 cm³/mol. The Kier molecular flexibility index (Phi) is 6.85. The molecule has 2 aromatic rings. The number of morpholine rings is 1. The lowest BCUT2D eigenvalue weighted by Gasteiger charge is -2.41. The largest absolute Gasteiger partial charge is 0.493 e. The third-order valence-corrected chi connectivity index (χ3v) is 4.81. The van der Waals surface area contributed by atoms with Crippen molar-refractivity contribution >= 4 is 5.91 Å². The van der Waals surface area contributed by atoms with Crippen LogP contribution in [-0.2, 0) is 4.74 Å². The Morgan fingerprint density at radius 1 is 1.19 bits per heavy atom. The highest BCUT2D eigenvalue weighted by Crippen LogP contribution is 2.32. The predicted octanol–water partition coefficient (Wildman–Crippen LogP) is 3.44. The van der Waals surface area contributed by atoms with Gasteiger partial charge in [0, 0.05) is 6.54 Å². The number of nitrogens with zero attached hydrogens (tertiary/aromatic N) is 1. The van der Waals surface area contributed by atoms with Gasteiger partial charge in [-0.15, -0.1) is 0 Å². The van der Waals surface area contributed by atoms with E-state index in [1.807, 2.05) is 48.5 Å². The van der Waals surface area contributed by atoms with Crippen LogP contribution in [0.25, 0.3) is 0 Å². The third kappa shape index (κ3) is 4.49. The summed E-state index contributed by atoms with van der Waals surface area (Å²) >= 11 is 0. The van der Waals surface area contributed by atoms with Crippen LogP contribution in [-0.4, -0.2) is 48.4 Å². The van der Waals surface area contributed by atoms with Gasteiger partial charge in [-0.25, -0.2) is 0 Å². The summed E-state index contributed by atoms with van der Waals surface area (Å²) in [6.45, 7) is 3.42. The number of rotatable bonds is 7. The van der Waals surface area contributed by atoms with E-state index in [4.69, 9.17) is 9.47 Å². The highest BCUT2D eigenvalue weighted by atomic mass is 16.5. The summed E-state index contributed by atoms with van der Waals surface area (Å²) in [6, 6.07) is 16.8. The molecule has 0 saturated carbocycles. The van der Waals surface area contributed by atoms with Gasteiger partial charge in [-0.2, -0.15) is 0 Å². The molecule has 1 aliphatic rings. The molecule has 1 fully saturated rings. The zero-order chi connectivity index (χ0) is 19.1. The summed E-state index contributed by atoms with van der Waals surface area (Å²) in [7, 11) is 0. The number of amides is 1. The molecule has 0 unspecified atom stereocenters. The van der Waals surface area contributed by atoms with Gasteiger partial charge in [0.15, 0.2) is 0 Å². The molecule has 0 aromatic heterocycles. The topological polar surface area (TPSA) is 59.0 Å². The van der Waals surface area contributed by atoms with Crippen molar-refractivity contribution in [2.24, 2.45) is 0 Å². The normalized spacial score (nSPS) is 19.7. The smallest absolute Gasteiger partial charge is 0.258 e. The third-order valence-electron chi connectivity index (χ3n) is 4.81. The number of carbonyl (C=O) groups is 1. The Hall–Kier alpha value is -2.37. The molecule has 1 saturated heterocycles. The lowest BCUT2D eigenvalue weighted by molar-refractivity contribution is -0.0812. The Morgan fingerprint density at radius 2 is 1.93 bits per heavy atom. The van der Waals surface area contributed by atoms with E-state index < -0.39 is 6.10 Å². The standard InChI is InChI=1S/C22H27NO4/c1-2-3-14-26-19-12-8-7-11-18(19)22(25)23-13-15-27-20(16-24)21(23)17-9-5-4-6-10-17/h4-12,20-21,24H,2-3,13-16H2,1H3/t20-,21-/m1/s1. The molecule has 0 radical (unpaired) electrons. The van der Waals surface area contributed by atoms with Crippen LogP contribution in [0.4, 0.5) is 0 Å². The number of aliphatic hydroxyl groups is 1. The highest BCUT2D eigenvalue weighted by Gasteiger charge is 2.37. The number of benzene rings is 2. The second-order valence-electron chi connectivity index (χ2n) is 6.64. The minimum absolute atomic E-state index is 0.0994. The molecule has 2 aromatic carbocycles. The second kappa shape index (κ2) is 9.53. The van der Waals surface area contributed by atoms with E-state index in [-0.39, 0.29) is 18.6 Å². The van der Waals surface area contributed by atoms with Crippen molar-refractivity contribution in [3.8, 4) is 5.75 Å². The fourth-order valence-electron chi connectivity index (χ4n) is 3.41. The van der Waals surface area contributed by atoms with Crippen molar-refractivity contribution in [1.82, 2.24) is 4.90 Å². The molecule has 144 valence electrons. The lowest BCUT2D eigenvalue weighted by Crippen LogP contribution is -2.49. The van der Waals surface area contributed by atoms with E-state index in [9.17, 15) is 9.90 Å². The van der Waals surface area contributed by atoms with Crippen molar-refractivity contribution < 1.29 is 19.4 Å². The zero-order valence-electron chi connectivity index (χ0n) is 15.7. The van der Waals surface area contributed by atoms with Crippen molar-refractivity contribution in [3.63, 3.8) is 0 Å². The van der Waals surface area contributed by atoms with Crippen molar-refractivity contribution in [3.05, 3.63) is 65.7 Å². The van der Waals surface area contributed by atoms with Gasteiger partial charge >= 0.3 is 0 Å². The summed E-state index contributed by atoms with van der Waals surface area (Å²) < 4.78 is 11.6. The molecule has 2 atom stereocenters. The molecule has 5 nitrogen and oxygen atoms in total. The second-order valence-corrected chi connectivity index (χ2v) is 6.64. The first-order chi connectivity index (χ1) is 13.3. The van der Waals surface area contributed by atoms with E-state index >= 15 is 0 Å². The van der Waals surface area contributed by atoms with Crippen LogP contribution in [0.3, 0.4) is 0 Å². The Balaban J connectivity index is 1.90. The van der Waals surface area contributed by atoms with Crippen LogP contribution in [0.15, 0.2) is 54.6 Å². The highest BCUT2D eigenvalue weighted by molar-refractivity contribution is 5.97. The summed E-state index contributed by atoms with van der Waals surface area (Å²) in [5.74, 6) is 0.507. The van der Waals surface area contributed by atoms with Crippen LogP contribution in [0, 0.1) is 0 Å². The Morgan fingerprint density at radius 3 is 2.67 bits per heavy atom. The molecule has 5 heteroatoms. The van der Waals surface area contributed by atoms with Gasteiger partial charge in [-0.3, -0.25) is 4.79 Å². The first-order valence-corrected chi connectivity index (χ1v) is 9.56. The van der Waals surface area contributed by atoms with E-state index in [1.54, 1.807) is 11.0 Å². The van der Waals surface area contributed by atoms with Crippen LogP contribution >= 0.6 is 0 Å². The number of unbranched alkanes of at least 4 members (excludes halogenated alkanes) is 1. The first-order valence-electron chi connectivity index (χ1n) is 9.56. The molecule has 1 aliphatic heterocycles. The average molecular weight is 369 g/mol. The van der Waals surface area contributed by atoms with Crippen LogP contribution < -0.4 is 4.74 Å². The molecule has 0 aliphatic carbocycles. The van der Waals surface area contributed by atoms with Crippen molar-refractivity contribution in [1.29, 1.82) is 0 Å². The molecule has 3 rings (SSSR count). The van der Waals surface area contributed by atoms with E-state index in [0.29, 0.717) is 31.1 Å². The lowest BCUT2D eigenvalue weighted by atomic mass is 9.97.